The Morgan fingerprint density at radius 2 is 1.67 bits per heavy atom. The van der Waals surface area contributed by atoms with Gasteiger partial charge in [-0.2, -0.15) is 13.2 Å². The molecule has 0 atom stereocenters. The molecule has 2 aromatic rings. The quantitative estimate of drug-likeness (QED) is 0.752. The molecular weight excluding hydrogens is 375 g/mol. The lowest BCUT2D eigenvalue weighted by molar-refractivity contribution is -0.139. The summed E-state index contributed by atoms with van der Waals surface area (Å²) in [5, 5.41) is -1.01. The molecule has 0 unspecified atom stereocenters. The number of H-pyrrole nitrogens is 1. The lowest BCUT2D eigenvalue weighted by Crippen LogP contribution is -2.17. The number of aromatic amines is 1. The van der Waals surface area contributed by atoms with E-state index < -0.39 is 39.2 Å². The number of Topliss-reactive ketones (excluding diaryl/α,β-unsaturated/α-hetero) is 2. The van der Waals surface area contributed by atoms with Crippen molar-refractivity contribution in [2.45, 2.75) is 6.18 Å². The van der Waals surface area contributed by atoms with Crippen molar-refractivity contribution in [2.75, 3.05) is 0 Å². The highest BCUT2D eigenvalue weighted by Crippen LogP contribution is 2.34. The van der Waals surface area contributed by atoms with E-state index in [-0.39, 0.29) is 22.8 Å². The Bertz CT molecular complexity index is 890. The van der Waals surface area contributed by atoms with Crippen LogP contribution in [0.4, 0.5) is 17.6 Å². The van der Waals surface area contributed by atoms with E-state index in [0.717, 1.165) is 6.07 Å². The van der Waals surface area contributed by atoms with Crippen molar-refractivity contribution in [3.63, 3.8) is 0 Å². The molecule has 1 aliphatic rings. The molecule has 0 radical (unpaired) electrons. The number of halogens is 6. The molecule has 1 heterocycles. The molecular formula is C14H4Cl2F4N2O2. The van der Waals surface area contributed by atoms with Gasteiger partial charge in [0.1, 0.15) is 33.1 Å². The highest BCUT2D eigenvalue weighted by Gasteiger charge is 2.36. The van der Waals surface area contributed by atoms with Gasteiger partial charge in [0.25, 0.3) is 0 Å². The summed E-state index contributed by atoms with van der Waals surface area (Å²) in [6.45, 7) is 0. The maximum atomic E-state index is 13.6. The number of allylic oxidation sites excluding steroid dienone is 2. The van der Waals surface area contributed by atoms with E-state index in [0.29, 0.717) is 12.1 Å². The molecule has 0 spiro atoms. The number of hydrogen-bond donors (Lipinski definition) is 1. The van der Waals surface area contributed by atoms with Crippen molar-refractivity contribution in [2.24, 2.45) is 0 Å². The zero-order valence-electron chi connectivity index (χ0n) is 11.3. The van der Waals surface area contributed by atoms with Crippen LogP contribution in [0.2, 0.25) is 0 Å². The summed E-state index contributed by atoms with van der Waals surface area (Å²) < 4.78 is 51.4. The minimum atomic E-state index is -4.85. The standard InChI is InChI=1S/C14H4Cl2F4N2O2/c15-7-8(16)12(24)10-9(11(7)23)21-13(22-10)4-1-2-5(6(17)3-4)14(18,19)20/h1-3H,(H,21,22). The van der Waals surface area contributed by atoms with Gasteiger partial charge in [0.15, 0.2) is 0 Å². The molecule has 0 aliphatic heterocycles. The van der Waals surface area contributed by atoms with E-state index in [4.69, 9.17) is 23.2 Å². The van der Waals surface area contributed by atoms with Crippen LogP contribution in [-0.2, 0) is 6.18 Å². The van der Waals surface area contributed by atoms with E-state index >= 15 is 0 Å². The molecule has 1 aliphatic carbocycles. The molecule has 1 aromatic carbocycles. The van der Waals surface area contributed by atoms with Crippen molar-refractivity contribution >= 4 is 34.8 Å². The SMILES string of the molecule is O=C1C(Cl)=C(Cl)C(=O)c2[nH]c(-c3ccc(C(F)(F)F)c(F)c3)nc21. The van der Waals surface area contributed by atoms with Crippen LogP contribution in [0.25, 0.3) is 11.4 Å². The summed E-state index contributed by atoms with van der Waals surface area (Å²) in [7, 11) is 0. The van der Waals surface area contributed by atoms with E-state index in [9.17, 15) is 27.2 Å². The van der Waals surface area contributed by atoms with Gasteiger partial charge in [0, 0.05) is 5.56 Å². The number of nitrogens with one attached hydrogen (secondary N) is 1. The van der Waals surface area contributed by atoms with Crippen LogP contribution in [0.1, 0.15) is 26.5 Å². The highest BCUT2D eigenvalue weighted by atomic mass is 35.5. The Morgan fingerprint density at radius 1 is 1.04 bits per heavy atom. The van der Waals surface area contributed by atoms with Crippen LogP contribution in [0.15, 0.2) is 28.3 Å². The minimum absolute atomic E-state index is 0.0808. The van der Waals surface area contributed by atoms with Gasteiger partial charge in [-0.15, -0.1) is 0 Å². The molecule has 0 bridgehead atoms. The predicted octanol–water partition coefficient (Wildman–Crippen LogP) is 4.30. The molecule has 1 N–H and O–H groups in total. The fourth-order valence-corrected chi connectivity index (χ4v) is 2.50. The molecule has 24 heavy (non-hydrogen) atoms. The van der Waals surface area contributed by atoms with E-state index in [1.54, 1.807) is 0 Å². The Kier molecular flexibility index (Phi) is 3.76. The van der Waals surface area contributed by atoms with Crippen molar-refractivity contribution in [3.05, 3.63) is 51.0 Å². The summed E-state index contributed by atoms with van der Waals surface area (Å²) in [6.07, 6.45) is -4.85. The summed E-state index contributed by atoms with van der Waals surface area (Å²) in [5.41, 5.74) is -2.11. The second-order valence-corrected chi connectivity index (χ2v) is 5.54. The first-order chi connectivity index (χ1) is 11.1. The summed E-state index contributed by atoms with van der Waals surface area (Å²) in [4.78, 5) is 30.2. The third-order valence-corrected chi connectivity index (χ3v) is 4.10. The Morgan fingerprint density at radius 3 is 2.25 bits per heavy atom. The first-order valence-electron chi connectivity index (χ1n) is 6.23. The van der Waals surface area contributed by atoms with Gasteiger partial charge < -0.3 is 4.98 Å². The topological polar surface area (TPSA) is 62.8 Å². The molecule has 0 amide bonds. The average molecular weight is 379 g/mol. The lowest BCUT2D eigenvalue weighted by atomic mass is 10.1. The first-order valence-corrected chi connectivity index (χ1v) is 6.98. The number of benzene rings is 1. The van der Waals surface area contributed by atoms with Gasteiger partial charge >= 0.3 is 6.18 Å². The van der Waals surface area contributed by atoms with Gasteiger partial charge in [-0.05, 0) is 12.1 Å². The van der Waals surface area contributed by atoms with Crippen molar-refractivity contribution < 1.29 is 27.2 Å². The fourth-order valence-electron chi connectivity index (χ4n) is 2.14. The van der Waals surface area contributed by atoms with Gasteiger partial charge in [-0.3, -0.25) is 9.59 Å². The highest BCUT2D eigenvalue weighted by molar-refractivity contribution is 6.59. The number of aromatic nitrogens is 2. The molecule has 4 nitrogen and oxygen atoms in total. The second kappa shape index (κ2) is 5.42. The lowest BCUT2D eigenvalue weighted by Gasteiger charge is -2.08. The number of carbonyl (C=O) groups excluding carboxylic acids is 2. The minimum Gasteiger partial charge on any atom is -0.335 e. The molecule has 0 saturated carbocycles. The predicted molar refractivity (Wildman–Crippen MR) is 76.4 cm³/mol. The third kappa shape index (κ3) is 2.51. The average Bonchev–Trinajstić information content (AvgIpc) is 2.95. The number of fused-ring (bicyclic) bond motifs is 1. The molecule has 0 saturated heterocycles. The van der Waals surface area contributed by atoms with Crippen LogP contribution in [-0.4, -0.2) is 21.5 Å². The smallest absolute Gasteiger partial charge is 0.335 e. The van der Waals surface area contributed by atoms with Crippen LogP contribution in [0, 0.1) is 5.82 Å². The largest absolute Gasteiger partial charge is 0.419 e. The van der Waals surface area contributed by atoms with E-state index in [1.807, 2.05) is 0 Å². The normalized spacial score (nSPS) is 15.1. The Balaban J connectivity index is 2.09. The summed E-state index contributed by atoms with van der Waals surface area (Å²) in [5.74, 6) is -3.28. The molecule has 1 aromatic heterocycles. The monoisotopic (exact) mass is 378 g/mol. The summed E-state index contributed by atoms with van der Waals surface area (Å²) in [6, 6.07) is 2.09. The van der Waals surface area contributed by atoms with Crippen molar-refractivity contribution in [1.29, 1.82) is 0 Å². The zero-order chi connectivity index (χ0) is 17.8. The third-order valence-electron chi connectivity index (χ3n) is 3.29. The van der Waals surface area contributed by atoms with Crippen LogP contribution < -0.4 is 0 Å². The number of nitrogens with zero attached hydrogens (tertiary/aromatic N) is 1. The molecule has 3 rings (SSSR count). The van der Waals surface area contributed by atoms with Gasteiger partial charge in [-0.1, -0.05) is 29.3 Å². The van der Waals surface area contributed by atoms with Gasteiger partial charge in [0.05, 0.1) is 5.56 Å². The van der Waals surface area contributed by atoms with Crippen LogP contribution in [0.5, 0.6) is 0 Å². The Labute approximate surface area is 141 Å². The van der Waals surface area contributed by atoms with Crippen molar-refractivity contribution in [1.82, 2.24) is 9.97 Å². The van der Waals surface area contributed by atoms with Crippen molar-refractivity contribution in [3.8, 4) is 11.4 Å². The van der Waals surface area contributed by atoms with Crippen LogP contribution in [0.3, 0.4) is 0 Å². The van der Waals surface area contributed by atoms with Crippen LogP contribution >= 0.6 is 23.2 Å². The molecule has 0 fully saturated rings. The van der Waals surface area contributed by atoms with Gasteiger partial charge in [-0.25, -0.2) is 9.37 Å². The number of hydrogen-bond acceptors (Lipinski definition) is 3. The van der Waals surface area contributed by atoms with E-state index in [2.05, 4.69) is 9.97 Å². The number of alkyl halides is 3. The number of carbonyl (C=O) groups is 2. The second-order valence-electron chi connectivity index (χ2n) is 4.79. The molecule has 10 heteroatoms. The number of rotatable bonds is 1. The number of ketones is 2. The fraction of sp³-hybridized carbons (Fsp3) is 0.0714. The maximum Gasteiger partial charge on any atom is 0.419 e. The Hall–Kier alpha value is -2.19. The number of imidazole rings is 1. The van der Waals surface area contributed by atoms with E-state index in [1.165, 1.54) is 0 Å². The first kappa shape index (κ1) is 16.7. The molecule has 124 valence electrons. The zero-order valence-corrected chi connectivity index (χ0v) is 12.8. The maximum absolute atomic E-state index is 13.6. The van der Waals surface area contributed by atoms with Gasteiger partial charge in [0.2, 0.25) is 11.6 Å². The summed E-state index contributed by atoms with van der Waals surface area (Å²) >= 11 is 11.3.